The monoisotopic (exact) mass is 965 g/mol. The number of cyclic esters (lactones) is 1. The van der Waals surface area contributed by atoms with E-state index in [1.54, 1.807) is 72.7 Å². The summed E-state index contributed by atoms with van der Waals surface area (Å²) in [5, 5.41) is 38.6. The Bertz CT molecular complexity index is 1910. The summed E-state index contributed by atoms with van der Waals surface area (Å²) in [6, 6.07) is 6.02. The maximum absolute atomic E-state index is 14.5. The summed E-state index contributed by atoms with van der Waals surface area (Å²) in [5.74, 6) is -6.68. The Morgan fingerprint density at radius 1 is 0.897 bits per heavy atom. The molecular formula is C48H76N4O16. The first-order chi connectivity index (χ1) is 31.8. The van der Waals surface area contributed by atoms with E-state index in [2.05, 4.69) is 10.0 Å². The first kappa shape index (κ1) is 56.8. The molecule has 0 saturated carbocycles. The predicted octanol–water partition coefficient (Wildman–Crippen LogP) is 5.07. The smallest absolute Gasteiger partial charge is 0.317 e. The summed E-state index contributed by atoms with van der Waals surface area (Å²) >= 11 is 0. The minimum Gasteiger partial charge on any atom is -0.460 e. The number of hydrogen-bond donors (Lipinski definition) is 3. The molecule has 3 aliphatic rings. The number of ether oxygens (including phenoxy) is 9. The minimum absolute atomic E-state index is 0.0417. The molecule has 1 aromatic carbocycles. The molecule has 3 aliphatic heterocycles. The van der Waals surface area contributed by atoms with Crippen molar-refractivity contribution in [3.63, 3.8) is 0 Å². The number of esters is 3. The summed E-state index contributed by atoms with van der Waals surface area (Å²) in [6.07, 6.45) is -10.9. The summed E-state index contributed by atoms with van der Waals surface area (Å²) in [4.78, 5) is 59.2. The maximum atomic E-state index is 14.5. The van der Waals surface area contributed by atoms with Gasteiger partial charge in [-0.25, -0.2) is 0 Å². The van der Waals surface area contributed by atoms with E-state index in [1.165, 1.54) is 28.1 Å². The van der Waals surface area contributed by atoms with Crippen molar-refractivity contribution in [1.29, 1.82) is 0 Å². The number of hydrogen-bond acceptors (Lipinski definition) is 18. The second-order valence-corrected chi connectivity index (χ2v) is 19.8. The summed E-state index contributed by atoms with van der Waals surface area (Å²) in [5.41, 5.74) is 4.97. The molecule has 0 radical (unpaired) electrons. The van der Waals surface area contributed by atoms with E-state index in [0.29, 0.717) is 17.7 Å². The van der Waals surface area contributed by atoms with E-state index >= 15 is 0 Å². The van der Waals surface area contributed by atoms with Gasteiger partial charge in [-0.05, 0) is 86.0 Å². The number of azide groups is 1. The lowest BCUT2D eigenvalue weighted by Crippen LogP contribution is -2.61. The van der Waals surface area contributed by atoms with Crippen LogP contribution in [0.1, 0.15) is 107 Å². The van der Waals surface area contributed by atoms with Gasteiger partial charge in [-0.3, -0.25) is 19.2 Å². The quantitative estimate of drug-likeness (QED) is 0.0549. The average molecular weight is 965 g/mol. The molecule has 0 aromatic heterocycles. The average Bonchev–Trinajstić information content (AvgIpc) is 3.29. The molecule has 20 nitrogen and oxygen atoms in total. The fourth-order valence-corrected chi connectivity index (χ4v) is 10.0. The molecule has 0 bridgehead atoms. The Labute approximate surface area is 400 Å². The van der Waals surface area contributed by atoms with Gasteiger partial charge in [0.15, 0.2) is 18.7 Å². The first-order valence-corrected chi connectivity index (χ1v) is 23.5. The van der Waals surface area contributed by atoms with Crippen molar-refractivity contribution in [3.05, 3.63) is 40.3 Å². The largest absolute Gasteiger partial charge is 0.460 e. The Kier molecular flexibility index (Phi) is 19.9. The van der Waals surface area contributed by atoms with Crippen molar-refractivity contribution < 1.29 is 77.1 Å². The fourth-order valence-electron chi connectivity index (χ4n) is 10.0. The van der Waals surface area contributed by atoms with Crippen LogP contribution in [0, 0.1) is 23.7 Å². The lowest BCUT2D eigenvalue weighted by molar-refractivity contribution is -0.320. The van der Waals surface area contributed by atoms with E-state index < -0.39 is 120 Å². The summed E-state index contributed by atoms with van der Waals surface area (Å²) in [7, 11) is 6.61. The highest BCUT2D eigenvalue weighted by Gasteiger charge is 2.55. The van der Waals surface area contributed by atoms with Gasteiger partial charge in [0.1, 0.15) is 42.2 Å². The Morgan fingerprint density at radius 2 is 1.51 bits per heavy atom. The highest BCUT2D eigenvalue weighted by molar-refractivity contribution is 5.91. The van der Waals surface area contributed by atoms with Crippen LogP contribution in [0.15, 0.2) is 29.4 Å². The van der Waals surface area contributed by atoms with Crippen LogP contribution in [-0.2, 0) is 68.4 Å². The first-order valence-electron chi connectivity index (χ1n) is 23.5. The lowest BCUT2D eigenvalue weighted by atomic mass is 9.74. The van der Waals surface area contributed by atoms with Crippen molar-refractivity contribution in [2.45, 2.75) is 192 Å². The van der Waals surface area contributed by atoms with Crippen LogP contribution < -0.4 is 0 Å². The molecule has 1 aromatic rings. The maximum Gasteiger partial charge on any atom is 0.317 e. The van der Waals surface area contributed by atoms with Crippen molar-refractivity contribution in [1.82, 2.24) is 4.90 Å². The molecule has 3 fully saturated rings. The third-order valence-electron chi connectivity index (χ3n) is 14.3. The molecule has 0 spiro atoms. The van der Waals surface area contributed by atoms with Gasteiger partial charge in [0.2, 0.25) is 0 Å². The van der Waals surface area contributed by atoms with E-state index in [1.807, 2.05) is 25.9 Å². The second kappa shape index (κ2) is 23.9. The molecule has 384 valence electrons. The van der Waals surface area contributed by atoms with Crippen molar-refractivity contribution in [2.24, 2.45) is 28.8 Å². The second-order valence-electron chi connectivity index (χ2n) is 19.8. The zero-order chi connectivity index (χ0) is 51.1. The third kappa shape index (κ3) is 13.3. The SMILES string of the molecule is CC[C@H]1OC(=O)[C@H](C)[C@@H](OC2C[C@@](C)(OC)[C@@H](OC(=O)CC(=O)OCc3ccc(N=[N+]=[N-])cc3)[C@H](C)O2)[C@H](C)[C@@H](OC2O[C@H](C)C[C@H](N(C)C)[C@H]2O)[C@](C)(OC)C[C@@H](C)C(=O)[C@H](C)[C@@H](O)[C@]1(C)O. The van der Waals surface area contributed by atoms with Crippen LogP contribution >= 0.6 is 0 Å². The van der Waals surface area contributed by atoms with Crippen LogP contribution in [0.4, 0.5) is 5.69 Å². The number of benzene rings is 1. The van der Waals surface area contributed by atoms with Crippen molar-refractivity contribution in [2.75, 3.05) is 28.3 Å². The van der Waals surface area contributed by atoms with Gasteiger partial charge in [-0.2, -0.15) is 0 Å². The molecule has 3 N–H and O–H groups in total. The molecule has 18 atom stereocenters. The molecule has 2 unspecified atom stereocenters. The topological polar surface area (TPSA) is 264 Å². The number of Topliss-reactive ketones (excluding diaryl/α,β-unsaturated/α-hetero) is 1. The van der Waals surface area contributed by atoms with Gasteiger partial charge in [0.25, 0.3) is 0 Å². The Hall–Kier alpha value is -3.79. The van der Waals surface area contributed by atoms with E-state index in [-0.39, 0.29) is 43.8 Å². The molecule has 4 rings (SSSR count). The number of ketones is 1. The lowest BCUT2D eigenvalue weighted by Gasteiger charge is -2.50. The number of rotatable bonds is 14. The van der Waals surface area contributed by atoms with Crippen molar-refractivity contribution in [3.8, 4) is 0 Å². The standard InChI is InChI=1S/C48H76N4O16/c1-15-34-48(10,59)41(57)27(4)38(55)25(2)22-46(8,60-13)42(68-45-39(56)33(52(11)12)20-26(3)63-45)28(5)40(29(6)44(58)65-34)67-37-23-47(9,61-14)43(30(7)64-37)66-36(54)21-35(53)62-24-31-16-18-32(19-17-31)50-51-49/h16-19,25-30,33-34,37,39-43,45,56-57,59H,15,20-24H2,1-14H3/t25-,26-,27+,28+,29-,30+,33+,34-,37?,39-,40+,41-,42-,43+,45?,46-,47-,48-/m1/s1. The number of methoxy groups -OCH3 is 2. The van der Waals surface area contributed by atoms with Crippen LogP contribution in [0.3, 0.4) is 0 Å². The molecular weight excluding hydrogens is 889 g/mol. The minimum atomic E-state index is -2.04. The Morgan fingerprint density at radius 3 is 2.09 bits per heavy atom. The predicted molar refractivity (Wildman–Crippen MR) is 245 cm³/mol. The number of aliphatic hydroxyl groups is 3. The highest BCUT2D eigenvalue weighted by atomic mass is 16.7. The van der Waals surface area contributed by atoms with Crippen LogP contribution in [0.2, 0.25) is 0 Å². The van der Waals surface area contributed by atoms with Crippen LogP contribution in [-0.4, -0.2) is 156 Å². The van der Waals surface area contributed by atoms with Gasteiger partial charge in [-0.15, -0.1) is 0 Å². The molecule has 3 heterocycles. The summed E-state index contributed by atoms with van der Waals surface area (Å²) < 4.78 is 55.9. The van der Waals surface area contributed by atoms with Gasteiger partial charge in [0, 0.05) is 55.0 Å². The van der Waals surface area contributed by atoms with Gasteiger partial charge in [-0.1, -0.05) is 57.1 Å². The molecule has 3 saturated heterocycles. The number of aliphatic hydroxyl groups excluding tert-OH is 2. The van der Waals surface area contributed by atoms with Gasteiger partial charge in [0.05, 0.1) is 42.0 Å². The van der Waals surface area contributed by atoms with Crippen molar-refractivity contribution >= 4 is 29.4 Å². The number of carbonyl (C=O) groups excluding carboxylic acids is 4. The third-order valence-corrected chi connectivity index (χ3v) is 14.3. The molecule has 20 heteroatoms. The van der Waals surface area contributed by atoms with E-state index in [0.717, 1.165) is 0 Å². The van der Waals surface area contributed by atoms with Crippen LogP contribution in [0.5, 0.6) is 0 Å². The molecule has 0 amide bonds. The Balaban J connectivity index is 1.69. The number of carbonyl (C=O) groups is 4. The van der Waals surface area contributed by atoms with E-state index in [4.69, 9.17) is 48.2 Å². The normalized spacial score (nSPS) is 39.8. The fraction of sp³-hybridized carbons (Fsp3) is 0.792. The summed E-state index contributed by atoms with van der Waals surface area (Å²) in [6.45, 7) is 16.5. The highest BCUT2D eigenvalue weighted by Crippen LogP contribution is 2.42. The zero-order valence-corrected chi connectivity index (χ0v) is 42.2. The van der Waals surface area contributed by atoms with E-state index in [9.17, 15) is 34.5 Å². The molecule has 0 aliphatic carbocycles. The van der Waals surface area contributed by atoms with Gasteiger partial charge >= 0.3 is 17.9 Å². The number of likely N-dealkylation sites (N-methyl/N-ethyl adjacent to an activating group) is 1. The zero-order valence-electron chi connectivity index (χ0n) is 42.2. The number of nitrogens with zero attached hydrogens (tertiary/aromatic N) is 4. The van der Waals surface area contributed by atoms with Crippen LogP contribution in [0.25, 0.3) is 10.4 Å². The molecule has 68 heavy (non-hydrogen) atoms. The van der Waals surface area contributed by atoms with Gasteiger partial charge < -0.3 is 62.9 Å².